The summed E-state index contributed by atoms with van der Waals surface area (Å²) in [5, 5.41) is 0. The molecule has 2 heterocycles. The highest BCUT2D eigenvalue weighted by Gasteiger charge is 2.81. The smallest absolute Gasteiger partial charge is 0.171 e. The van der Waals surface area contributed by atoms with Crippen molar-refractivity contribution >= 4 is 0 Å². The molecule has 0 N–H and O–H groups in total. The van der Waals surface area contributed by atoms with Gasteiger partial charge in [0.15, 0.2) is 5.79 Å². The number of hydrogen-bond acceptors (Lipinski definition) is 3. The summed E-state index contributed by atoms with van der Waals surface area (Å²) in [4.78, 5) is 0. The lowest BCUT2D eigenvalue weighted by Crippen LogP contribution is -2.64. The predicted octanol–water partition coefficient (Wildman–Crippen LogP) is 4.65. The number of hydrogen-bond donors (Lipinski definition) is 0. The molecular weight excluding hydrogens is 343 g/mol. The van der Waals surface area contributed by atoms with Crippen LogP contribution in [0, 0.1) is 34.5 Å². The van der Waals surface area contributed by atoms with Gasteiger partial charge in [0.25, 0.3) is 0 Å². The molecule has 4 aliphatic carbocycles. The van der Waals surface area contributed by atoms with Gasteiger partial charge < -0.3 is 14.2 Å². The van der Waals surface area contributed by atoms with Crippen molar-refractivity contribution in [1.82, 2.24) is 0 Å². The molecule has 1 unspecified atom stereocenters. The Hall–Kier alpha value is -0.450. The van der Waals surface area contributed by atoms with Crippen molar-refractivity contribution in [3.8, 4) is 0 Å². The first-order valence-corrected chi connectivity index (χ1v) is 11.0. The van der Waals surface area contributed by atoms with E-state index in [1.165, 1.54) is 12.0 Å². The zero-order valence-corrected chi connectivity index (χ0v) is 16.9. The monoisotopic (exact) mass is 376 g/mol. The lowest BCUT2D eigenvalue weighted by Gasteiger charge is -2.62. The van der Waals surface area contributed by atoms with Gasteiger partial charge in [-0.15, -0.1) is 0 Å². The topological polar surface area (TPSA) is 31.0 Å². The molecule has 6 rings (SSSR count). The molecule has 9 atom stereocenters. The number of rotatable bonds is 0. The average Bonchev–Trinajstić information content (AvgIpc) is 3.00. The van der Waals surface area contributed by atoms with Crippen molar-refractivity contribution in [2.24, 2.45) is 34.5 Å². The fourth-order valence-corrected chi connectivity index (χ4v) is 8.73. The van der Waals surface area contributed by atoms with Crippen molar-refractivity contribution in [3.05, 3.63) is 12.2 Å². The van der Waals surface area contributed by atoms with Crippen LogP contribution in [0.1, 0.15) is 59.3 Å². The molecule has 4 heteroatoms. The van der Waals surface area contributed by atoms with Crippen LogP contribution >= 0.6 is 0 Å². The van der Waals surface area contributed by atoms with Crippen LogP contribution in [-0.4, -0.2) is 36.9 Å². The Morgan fingerprint density at radius 3 is 2.59 bits per heavy atom. The first-order valence-electron chi connectivity index (χ1n) is 11.0. The summed E-state index contributed by atoms with van der Waals surface area (Å²) < 4.78 is 33.3. The molecule has 2 spiro atoms. The zero-order valence-electron chi connectivity index (χ0n) is 16.9. The molecule has 4 saturated carbocycles. The number of alkyl halides is 1. The molecule has 6 fully saturated rings. The standard InChI is InChI=1S/C23H33FO3/c1-13-10-22(25-7-8-26-22)12-23-19(27-23)14(2)18-16(21(13,23)4)5-6-20(3)11-15(24)9-17(18)20/h13,15-19H,2,5-12H2,1,3-4H3/t13-,15-,16+,17+,18-,19+,20-,21-,23?/m1/s1. The Morgan fingerprint density at radius 1 is 1.11 bits per heavy atom. The molecule has 0 aromatic heterocycles. The van der Waals surface area contributed by atoms with E-state index in [1.807, 2.05) is 0 Å². The average molecular weight is 377 g/mol. The second kappa shape index (κ2) is 4.99. The van der Waals surface area contributed by atoms with Gasteiger partial charge in [-0.05, 0) is 60.3 Å². The molecule has 150 valence electrons. The minimum atomic E-state index is -0.640. The molecule has 2 saturated heterocycles. The second-order valence-electron chi connectivity index (χ2n) is 11.1. The maximum absolute atomic E-state index is 14.5. The molecule has 27 heavy (non-hydrogen) atoms. The Bertz CT molecular complexity index is 702. The molecule has 0 amide bonds. The molecule has 0 aromatic carbocycles. The van der Waals surface area contributed by atoms with E-state index in [0.29, 0.717) is 36.9 Å². The lowest BCUT2D eigenvalue weighted by molar-refractivity contribution is -0.241. The van der Waals surface area contributed by atoms with Gasteiger partial charge in [0.1, 0.15) is 17.9 Å². The van der Waals surface area contributed by atoms with Crippen LogP contribution in [0.2, 0.25) is 0 Å². The highest BCUT2D eigenvalue weighted by molar-refractivity contribution is 5.38. The van der Waals surface area contributed by atoms with Gasteiger partial charge in [0.05, 0.1) is 13.2 Å². The van der Waals surface area contributed by atoms with Crippen molar-refractivity contribution in [3.63, 3.8) is 0 Å². The molecule has 3 nitrogen and oxygen atoms in total. The summed E-state index contributed by atoms with van der Waals surface area (Å²) in [5.41, 5.74) is 1.31. The van der Waals surface area contributed by atoms with Gasteiger partial charge in [-0.3, -0.25) is 0 Å². The zero-order chi connectivity index (χ0) is 18.8. The van der Waals surface area contributed by atoms with Crippen LogP contribution in [0.15, 0.2) is 12.2 Å². The first-order chi connectivity index (χ1) is 12.7. The number of epoxide rings is 1. The number of halogens is 1. The second-order valence-corrected chi connectivity index (χ2v) is 11.1. The first kappa shape index (κ1) is 17.4. The molecule has 0 radical (unpaired) electrons. The normalized spacial score (nSPS) is 60.5. The van der Waals surface area contributed by atoms with E-state index in [0.717, 1.165) is 32.1 Å². The Balaban J connectivity index is 1.42. The maximum Gasteiger partial charge on any atom is 0.171 e. The lowest BCUT2D eigenvalue weighted by atomic mass is 9.41. The van der Waals surface area contributed by atoms with Gasteiger partial charge in [0.2, 0.25) is 0 Å². The Kier molecular flexibility index (Phi) is 3.22. The summed E-state index contributed by atoms with van der Waals surface area (Å²) in [6.07, 6.45) is 5.03. The van der Waals surface area contributed by atoms with Crippen molar-refractivity contribution < 1.29 is 18.6 Å². The highest BCUT2D eigenvalue weighted by Crippen LogP contribution is 2.76. The molecule has 0 aromatic rings. The van der Waals surface area contributed by atoms with E-state index >= 15 is 0 Å². The van der Waals surface area contributed by atoms with Crippen LogP contribution in [-0.2, 0) is 14.2 Å². The van der Waals surface area contributed by atoms with Crippen LogP contribution in [0.25, 0.3) is 0 Å². The summed E-state index contributed by atoms with van der Waals surface area (Å²) in [6, 6.07) is 0. The molecule has 6 aliphatic rings. The Morgan fingerprint density at radius 2 is 1.85 bits per heavy atom. The summed E-state index contributed by atoms with van der Waals surface area (Å²) in [5.74, 6) is 1.39. The third-order valence-corrected chi connectivity index (χ3v) is 10.1. The van der Waals surface area contributed by atoms with Crippen molar-refractivity contribution in [2.75, 3.05) is 13.2 Å². The van der Waals surface area contributed by atoms with E-state index in [2.05, 4.69) is 27.4 Å². The van der Waals surface area contributed by atoms with E-state index in [-0.39, 0.29) is 22.5 Å². The Labute approximate surface area is 162 Å². The summed E-state index contributed by atoms with van der Waals surface area (Å²) >= 11 is 0. The highest BCUT2D eigenvalue weighted by atomic mass is 19.1. The van der Waals surface area contributed by atoms with E-state index in [9.17, 15) is 4.39 Å². The number of ether oxygens (including phenoxy) is 3. The molecule has 2 aliphatic heterocycles. The largest absolute Gasteiger partial charge is 0.360 e. The van der Waals surface area contributed by atoms with Crippen molar-refractivity contribution in [2.45, 2.75) is 83.0 Å². The molecule has 0 bridgehead atoms. The molecular formula is C23H33FO3. The maximum atomic E-state index is 14.5. The fraction of sp³-hybridized carbons (Fsp3) is 0.913. The van der Waals surface area contributed by atoms with Crippen LogP contribution in [0.3, 0.4) is 0 Å². The van der Waals surface area contributed by atoms with Gasteiger partial charge in [-0.2, -0.15) is 0 Å². The number of fused-ring (bicyclic) bond motifs is 4. The quantitative estimate of drug-likeness (QED) is 0.455. The van der Waals surface area contributed by atoms with Gasteiger partial charge in [0, 0.05) is 18.3 Å². The van der Waals surface area contributed by atoms with Crippen molar-refractivity contribution in [1.29, 1.82) is 0 Å². The van der Waals surface area contributed by atoms with Crippen LogP contribution in [0.4, 0.5) is 4.39 Å². The van der Waals surface area contributed by atoms with Gasteiger partial charge in [-0.1, -0.05) is 27.4 Å². The van der Waals surface area contributed by atoms with E-state index in [4.69, 9.17) is 14.2 Å². The minimum Gasteiger partial charge on any atom is -0.360 e. The van der Waals surface area contributed by atoms with Crippen LogP contribution < -0.4 is 0 Å². The predicted molar refractivity (Wildman–Crippen MR) is 99.8 cm³/mol. The summed E-state index contributed by atoms with van der Waals surface area (Å²) in [6.45, 7) is 13.1. The van der Waals surface area contributed by atoms with E-state index in [1.54, 1.807) is 0 Å². The minimum absolute atomic E-state index is 0.0970. The third-order valence-electron chi connectivity index (χ3n) is 10.1. The third kappa shape index (κ3) is 1.89. The van der Waals surface area contributed by atoms with E-state index < -0.39 is 12.0 Å². The fourth-order valence-electron chi connectivity index (χ4n) is 8.73. The van der Waals surface area contributed by atoms with Gasteiger partial charge in [-0.25, -0.2) is 4.39 Å². The van der Waals surface area contributed by atoms with Gasteiger partial charge >= 0.3 is 0 Å². The SMILES string of the molecule is C=C1[C@H]2[C@@H]3C[C@@H](F)C[C@@]3(C)CC[C@@H]2[C@@]2(C)[C@H](C)CC3(CC24O[C@@H]14)OCCO3. The summed E-state index contributed by atoms with van der Waals surface area (Å²) in [7, 11) is 0. The van der Waals surface area contributed by atoms with Crippen LogP contribution in [0.5, 0.6) is 0 Å².